The van der Waals surface area contributed by atoms with Crippen molar-refractivity contribution in [3.63, 3.8) is 0 Å². The number of esters is 1. The fraction of sp³-hybridized carbons (Fsp3) is 0.923. The van der Waals surface area contributed by atoms with Gasteiger partial charge in [-0.05, 0) is 12.8 Å². The topological polar surface area (TPSA) is 131 Å². The highest BCUT2D eigenvalue weighted by Crippen LogP contribution is 2.42. The van der Waals surface area contributed by atoms with Crippen LogP contribution in [0.4, 0.5) is 0 Å². The molecule has 0 radical (unpaired) electrons. The summed E-state index contributed by atoms with van der Waals surface area (Å²) in [6.07, 6.45) is 16.4. The number of phosphoric acid groups is 1. The molecule has 0 bridgehead atoms. The van der Waals surface area contributed by atoms with Crippen molar-refractivity contribution < 1.29 is 37.9 Å². The van der Waals surface area contributed by atoms with Crippen LogP contribution in [-0.2, 0) is 27.9 Å². The first-order chi connectivity index (χ1) is 17.3. The van der Waals surface area contributed by atoms with E-state index in [1.165, 1.54) is 57.8 Å². The van der Waals surface area contributed by atoms with Crippen molar-refractivity contribution >= 4 is 19.7 Å². The van der Waals surface area contributed by atoms with Crippen molar-refractivity contribution in [2.45, 2.75) is 129 Å². The molecule has 0 saturated carbocycles. The molecule has 0 aliphatic rings. The molecule has 10 heteroatoms. The minimum Gasteiger partial charge on any atom is -0.463 e. The van der Waals surface area contributed by atoms with Crippen molar-refractivity contribution in [1.82, 2.24) is 5.32 Å². The Hall–Kier alpha value is -0.990. The van der Waals surface area contributed by atoms with Crippen molar-refractivity contribution in [2.24, 2.45) is 0 Å². The van der Waals surface area contributed by atoms with Crippen LogP contribution in [0.15, 0.2) is 0 Å². The van der Waals surface area contributed by atoms with E-state index in [0.717, 1.165) is 38.5 Å². The summed E-state index contributed by atoms with van der Waals surface area (Å²) in [5.41, 5.74) is 0. The molecule has 1 amide bonds. The molecule has 0 aliphatic carbocycles. The number of nitrogens with one attached hydrogen (secondary N) is 1. The molecule has 3 N–H and O–H groups in total. The van der Waals surface area contributed by atoms with Gasteiger partial charge in [-0.15, -0.1) is 0 Å². The van der Waals surface area contributed by atoms with Gasteiger partial charge in [0.05, 0.1) is 13.2 Å². The number of aliphatic hydroxyl groups is 1. The average Bonchev–Trinajstić information content (AvgIpc) is 2.85. The molecule has 214 valence electrons. The minimum atomic E-state index is -4.38. The number of carbonyl (C=O) groups is 2. The lowest BCUT2D eigenvalue weighted by molar-refractivity contribution is -0.147. The summed E-state index contributed by atoms with van der Waals surface area (Å²) in [5.74, 6) is -0.528. The van der Waals surface area contributed by atoms with Gasteiger partial charge in [-0.1, -0.05) is 97.3 Å². The lowest BCUT2D eigenvalue weighted by Gasteiger charge is -2.15. The van der Waals surface area contributed by atoms with E-state index >= 15 is 0 Å². The van der Waals surface area contributed by atoms with Crippen LogP contribution in [0, 0.1) is 0 Å². The smallest absolute Gasteiger partial charge is 0.463 e. The molecule has 0 heterocycles. The van der Waals surface area contributed by atoms with Gasteiger partial charge in [-0.2, -0.15) is 0 Å². The Balaban J connectivity index is 3.70. The number of amides is 1. The van der Waals surface area contributed by atoms with Crippen LogP contribution in [0.3, 0.4) is 0 Å². The second-order valence-corrected chi connectivity index (χ2v) is 10.8. The van der Waals surface area contributed by atoms with Crippen LogP contribution in [0.5, 0.6) is 0 Å². The lowest BCUT2D eigenvalue weighted by Crippen LogP contribution is -2.27. The third-order valence-electron chi connectivity index (χ3n) is 5.79. The quantitative estimate of drug-likeness (QED) is 0.0715. The Morgan fingerprint density at radius 3 is 1.81 bits per heavy atom. The Bertz CT molecular complexity index is 590. The van der Waals surface area contributed by atoms with Crippen LogP contribution in [0.1, 0.15) is 123 Å². The highest BCUT2D eigenvalue weighted by atomic mass is 31.2. The maximum atomic E-state index is 11.9. The Kier molecular flexibility index (Phi) is 23.7. The van der Waals surface area contributed by atoms with Crippen molar-refractivity contribution in [3.8, 4) is 0 Å². The number of unbranched alkanes of at least 4 members (excludes halogenated alkanes) is 13. The molecule has 0 saturated heterocycles. The van der Waals surface area contributed by atoms with E-state index < -0.39 is 26.5 Å². The Morgan fingerprint density at radius 2 is 1.25 bits per heavy atom. The van der Waals surface area contributed by atoms with Gasteiger partial charge in [-0.25, -0.2) is 4.57 Å². The first-order valence-corrected chi connectivity index (χ1v) is 15.5. The second kappa shape index (κ2) is 24.4. The summed E-state index contributed by atoms with van der Waals surface area (Å²) in [6.45, 7) is 3.43. The molecular formula is C26H52NO8P. The van der Waals surface area contributed by atoms with E-state index in [1.54, 1.807) is 0 Å². The van der Waals surface area contributed by atoms with E-state index in [-0.39, 0.29) is 32.1 Å². The molecule has 0 spiro atoms. The first kappa shape index (κ1) is 35.0. The summed E-state index contributed by atoms with van der Waals surface area (Å²) < 4.78 is 26.4. The van der Waals surface area contributed by atoms with Crippen LogP contribution in [0.2, 0.25) is 0 Å². The number of phosphoric ester groups is 1. The number of hydrogen-bond acceptors (Lipinski definition) is 7. The molecule has 0 aliphatic heterocycles. The van der Waals surface area contributed by atoms with Crippen LogP contribution < -0.4 is 5.32 Å². The van der Waals surface area contributed by atoms with Gasteiger partial charge >= 0.3 is 13.8 Å². The zero-order chi connectivity index (χ0) is 26.9. The summed E-state index contributed by atoms with van der Waals surface area (Å²) >= 11 is 0. The third-order valence-corrected chi connectivity index (χ3v) is 6.77. The van der Waals surface area contributed by atoms with Gasteiger partial charge in [0.15, 0.2) is 0 Å². The van der Waals surface area contributed by atoms with Gasteiger partial charge in [0, 0.05) is 19.4 Å². The van der Waals surface area contributed by atoms with Gasteiger partial charge < -0.3 is 20.1 Å². The zero-order valence-electron chi connectivity index (χ0n) is 22.7. The highest BCUT2D eigenvalue weighted by Gasteiger charge is 2.23. The molecule has 0 aromatic heterocycles. The average molecular weight is 538 g/mol. The summed E-state index contributed by atoms with van der Waals surface area (Å²) in [5, 5.41) is 12.5. The zero-order valence-corrected chi connectivity index (χ0v) is 23.6. The van der Waals surface area contributed by atoms with E-state index in [1.807, 2.05) is 0 Å². The van der Waals surface area contributed by atoms with Crippen molar-refractivity contribution in [2.75, 3.05) is 26.4 Å². The number of carbonyl (C=O) groups excluding carboxylic acids is 2. The van der Waals surface area contributed by atoms with E-state index in [4.69, 9.17) is 13.8 Å². The van der Waals surface area contributed by atoms with Crippen LogP contribution in [-0.4, -0.2) is 54.3 Å². The minimum absolute atomic E-state index is 0.0849. The van der Waals surface area contributed by atoms with Crippen molar-refractivity contribution in [1.29, 1.82) is 0 Å². The third kappa shape index (κ3) is 24.7. The summed E-state index contributed by atoms with van der Waals surface area (Å²) in [6, 6.07) is 0. The van der Waals surface area contributed by atoms with E-state index in [9.17, 15) is 24.2 Å². The highest BCUT2D eigenvalue weighted by molar-refractivity contribution is 7.47. The predicted molar refractivity (Wildman–Crippen MR) is 142 cm³/mol. The van der Waals surface area contributed by atoms with Gasteiger partial charge in [0.2, 0.25) is 5.91 Å². The molecule has 0 aromatic rings. The molecule has 0 rings (SSSR count). The summed E-state index contributed by atoms with van der Waals surface area (Å²) in [7, 11) is -4.38. The maximum absolute atomic E-state index is 11.9. The van der Waals surface area contributed by atoms with E-state index in [2.05, 4.69) is 19.2 Å². The Morgan fingerprint density at radius 1 is 0.750 bits per heavy atom. The predicted octanol–water partition coefficient (Wildman–Crippen LogP) is 5.81. The summed E-state index contributed by atoms with van der Waals surface area (Å²) in [4.78, 5) is 33.2. The van der Waals surface area contributed by atoms with E-state index in [0.29, 0.717) is 6.42 Å². The molecular weight excluding hydrogens is 485 g/mol. The SMILES string of the molecule is CCCCCCCCCCCC(=O)OCC(O)COP(=O)(O)OCCNC(=O)CCCCCCCC. The largest absolute Gasteiger partial charge is 0.472 e. The molecule has 36 heavy (non-hydrogen) atoms. The molecule has 2 unspecified atom stereocenters. The van der Waals surface area contributed by atoms with Gasteiger partial charge in [-0.3, -0.25) is 18.6 Å². The monoisotopic (exact) mass is 537 g/mol. The number of ether oxygens (including phenoxy) is 1. The number of rotatable bonds is 26. The fourth-order valence-corrected chi connectivity index (χ4v) is 4.37. The van der Waals surface area contributed by atoms with Gasteiger partial charge in [0.1, 0.15) is 12.7 Å². The molecule has 0 fully saturated rings. The lowest BCUT2D eigenvalue weighted by atomic mass is 10.1. The molecule has 2 atom stereocenters. The van der Waals surface area contributed by atoms with Crippen molar-refractivity contribution in [3.05, 3.63) is 0 Å². The maximum Gasteiger partial charge on any atom is 0.472 e. The second-order valence-electron chi connectivity index (χ2n) is 9.38. The Labute approximate surface area is 218 Å². The molecule has 9 nitrogen and oxygen atoms in total. The van der Waals surface area contributed by atoms with Crippen LogP contribution >= 0.6 is 7.82 Å². The first-order valence-electron chi connectivity index (χ1n) is 14.0. The fourth-order valence-electron chi connectivity index (χ4n) is 3.61. The van der Waals surface area contributed by atoms with Gasteiger partial charge in [0.25, 0.3) is 0 Å². The number of hydrogen-bond donors (Lipinski definition) is 3. The normalized spacial score (nSPS) is 13.8. The number of aliphatic hydroxyl groups excluding tert-OH is 1. The van der Waals surface area contributed by atoms with Crippen LogP contribution in [0.25, 0.3) is 0 Å². The molecule has 0 aromatic carbocycles. The standard InChI is InChI=1S/C26H52NO8P/c1-3-5-7-9-11-12-13-15-17-19-26(30)33-22-24(28)23-35-36(31,32)34-21-20-27-25(29)18-16-14-10-8-6-4-2/h24,28H,3-23H2,1-2H3,(H,27,29)(H,31,32).